The average Bonchev–Trinajstić information content (AvgIpc) is 1.79. The topological polar surface area (TPSA) is 118 Å². The molecule has 0 radical (unpaired) electrons. The van der Waals surface area contributed by atoms with Crippen molar-refractivity contribution in [2.24, 2.45) is 5.73 Å². The Morgan fingerprint density at radius 3 is 1.50 bits per heavy atom. The standard InChI is InChI=1S/C4H11N3O5S2/c1-6(13(2,9)10)7(4(5)8)14(3,11)12/h1-3H3,(H2,5,8). The molecule has 0 aliphatic rings. The van der Waals surface area contributed by atoms with Crippen LogP contribution in [0, 0.1) is 0 Å². The zero-order chi connectivity index (χ0) is 11.7. The van der Waals surface area contributed by atoms with Crippen molar-refractivity contribution in [3.63, 3.8) is 0 Å². The van der Waals surface area contributed by atoms with Crippen LogP contribution < -0.4 is 5.73 Å². The number of carbonyl (C=O) groups is 1. The number of rotatable bonds is 3. The quantitative estimate of drug-likeness (QED) is 0.584. The molecule has 0 unspecified atom stereocenters. The Kier molecular flexibility index (Phi) is 3.48. The first-order valence-corrected chi connectivity index (χ1v) is 6.91. The number of hydrazine groups is 1. The van der Waals surface area contributed by atoms with Gasteiger partial charge in [0.15, 0.2) is 0 Å². The van der Waals surface area contributed by atoms with Gasteiger partial charge in [0.2, 0.25) is 10.0 Å². The summed E-state index contributed by atoms with van der Waals surface area (Å²) in [5.41, 5.74) is 4.72. The molecule has 0 saturated heterocycles. The molecule has 0 aliphatic carbocycles. The lowest BCUT2D eigenvalue weighted by Gasteiger charge is -2.25. The summed E-state index contributed by atoms with van der Waals surface area (Å²) in [7, 11) is -6.99. The van der Waals surface area contributed by atoms with Gasteiger partial charge in [0.1, 0.15) is 0 Å². The second-order valence-electron chi connectivity index (χ2n) is 2.54. The predicted molar refractivity (Wildman–Crippen MR) is 48.9 cm³/mol. The van der Waals surface area contributed by atoms with Gasteiger partial charge >= 0.3 is 6.03 Å². The first kappa shape index (κ1) is 13.1. The average molecular weight is 245 g/mol. The van der Waals surface area contributed by atoms with Crippen LogP contribution in [0.15, 0.2) is 0 Å². The molecule has 0 fully saturated rings. The summed E-state index contributed by atoms with van der Waals surface area (Å²) in [6, 6.07) is -1.39. The van der Waals surface area contributed by atoms with Crippen molar-refractivity contribution < 1.29 is 21.6 Å². The van der Waals surface area contributed by atoms with E-state index >= 15 is 0 Å². The largest absolute Gasteiger partial charge is 0.349 e. The molecule has 0 aromatic rings. The smallest absolute Gasteiger partial charge is 0.344 e. The first-order valence-electron chi connectivity index (χ1n) is 3.21. The Morgan fingerprint density at radius 2 is 1.43 bits per heavy atom. The van der Waals surface area contributed by atoms with Crippen LogP contribution in [0.2, 0.25) is 0 Å². The van der Waals surface area contributed by atoms with Gasteiger partial charge in [-0.2, -0.15) is 0 Å². The molecule has 0 saturated carbocycles. The highest BCUT2D eigenvalue weighted by molar-refractivity contribution is 7.91. The van der Waals surface area contributed by atoms with E-state index in [1.807, 2.05) is 0 Å². The summed E-state index contributed by atoms with van der Waals surface area (Å²) in [5.74, 6) is 0. The maximum absolute atomic E-state index is 11.0. The lowest BCUT2D eigenvalue weighted by Crippen LogP contribution is -2.52. The SMILES string of the molecule is CN(N(C(N)=O)S(C)(=O)=O)S(C)(=O)=O. The summed E-state index contributed by atoms with van der Waals surface area (Å²) >= 11 is 0. The van der Waals surface area contributed by atoms with Crippen LogP contribution in [0.25, 0.3) is 0 Å². The van der Waals surface area contributed by atoms with Gasteiger partial charge < -0.3 is 5.73 Å². The highest BCUT2D eigenvalue weighted by Crippen LogP contribution is 2.05. The molecule has 14 heavy (non-hydrogen) atoms. The van der Waals surface area contributed by atoms with Gasteiger partial charge in [-0.1, -0.05) is 4.41 Å². The molecule has 0 aromatic heterocycles. The van der Waals surface area contributed by atoms with Crippen molar-refractivity contribution in [3.8, 4) is 0 Å². The molecule has 0 spiro atoms. The maximum atomic E-state index is 11.0. The number of nitrogens with zero attached hydrogens (tertiary/aromatic N) is 2. The Morgan fingerprint density at radius 1 is 1.07 bits per heavy atom. The van der Waals surface area contributed by atoms with Crippen LogP contribution in [-0.4, -0.2) is 51.3 Å². The predicted octanol–water partition coefficient (Wildman–Crippen LogP) is -1.87. The molecule has 0 heterocycles. The van der Waals surface area contributed by atoms with Crippen LogP contribution >= 0.6 is 0 Å². The summed E-state index contributed by atoms with van der Waals surface area (Å²) in [5, 5.41) is 0. The van der Waals surface area contributed by atoms with Gasteiger partial charge in [0, 0.05) is 7.05 Å². The van der Waals surface area contributed by atoms with Crippen LogP contribution in [-0.2, 0) is 20.0 Å². The fraction of sp³-hybridized carbons (Fsp3) is 0.750. The molecule has 84 valence electrons. The second kappa shape index (κ2) is 3.71. The summed E-state index contributed by atoms with van der Waals surface area (Å²) < 4.78 is 44.0. The van der Waals surface area contributed by atoms with Crippen LogP contribution in [0.3, 0.4) is 0 Å². The normalized spacial score (nSPS) is 12.9. The van der Waals surface area contributed by atoms with Crippen LogP contribution in [0.4, 0.5) is 4.79 Å². The van der Waals surface area contributed by atoms with Gasteiger partial charge in [0.05, 0.1) is 12.5 Å². The van der Waals surface area contributed by atoms with Gasteiger partial charge in [-0.15, -0.1) is 4.41 Å². The van der Waals surface area contributed by atoms with E-state index in [4.69, 9.17) is 5.73 Å². The molecule has 2 N–H and O–H groups in total. The van der Waals surface area contributed by atoms with E-state index in [1.54, 1.807) is 0 Å². The number of hydrogen-bond donors (Lipinski definition) is 1. The van der Waals surface area contributed by atoms with Crippen molar-refractivity contribution in [1.82, 2.24) is 8.83 Å². The van der Waals surface area contributed by atoms with Crippen molar-refractivity contribution in [3.05, 3.63) is 0 Å². The number of amides is 2. The molecule has 0 aliphatic heterocycles. The summed E-state index contributed by atoms with van der Waals surface area (Å²) in [4.78, 5) is 10.7. The van der Waals surface area contributed by atoms with Gasteiger partial charge in [-0.3, -0.25) is 0 Å². The molecule has 0 rings (SSSR count). The lowest BCUT2D eigenvalue weighted by atomic mass is 11.1. The van der Waals surface area contributed by atoms with E-state index in [0.29, 0.717) is 6.26 Å². The zero-order valence-corrected chi connectivity index (χ0v) is 9.46. The number of sulfonamides is 2. The molecule has 2 amide bonds. The van der Waals surface area contributed by atoms with Crippen LogP contribution in [0.5, 0.6) is 0 Å². The van der Waals surface area contributed by atoms with Crippen molar-refractivity contribution in [2.75, 3.05) is 19.6 Å². The number of carbonyl (C=O) groups excluding carboxylic acids is 1. The highest BCUT2D eigenvalue weighted by atomic mass is 32.2. The van der Waals surface area contributed by atoms with Gasteiger partial charge in [0.25, 0.3) is 10.0 Å². The van der Waals surface area contributed by atoms with E-state index in [2.05, 4.69) is 0 Å². The first-order chi connectivity index (χ1) is 5.98. The maximum Gasteiger partial charge on any atom is 0.344 e. The number of urea groups is 1. The van der Waals surface area contributed by atoms with Crippen molar-refractivity contribution >= 4 is 26.1 Å². The fourth-order valence-electron chi connectivity index (χ4n) is 0.646. The Labute approximate surface area is 82.3 Å². The molecule has 8 nitrogen and oxygen atoms in total. The highest BCUT2D eigenvalue weighted by Gasteiger charge is 2.31. The van der Waals surface area contributed by atoms with E-state index in [-0.39, 0.29) is 8.83 Å². The summed E-state index contributed by atoms with van der Waals surface area (Å²) in [6.45, 7) is 0. The van der Waals surface area contributed by atoms with Crippen molar-refractivity contribution in [2.45, 2.75) is 0 Å². The van der Waals surface area contributed by atoms with Crippen LogP contribution in [0.1, 0.15) is 0 Å². The minimum atomic E-state index is -4.04. The molecule has 0 atom stereocenters. The van der Waals surface area contributed by atoms with E-state index in [9.17, 15) is 21.6 Å². The molecular weight excluding hydrogens is 234 g/mol. The Balaban J connectivity index is 5.39. The minimum Gasteiger partial charge on any atom is -0.349 e. The third-order valence-corrected chi connectivity index (χ3v) is 3.52. The van der Waals surface area contributed by atoms with E-state index in [0.717, 1.165) is 13.3 Å². The van der Waals surface area contributed by atoms with Gasteiger partial charge in [-0.05, 0) is 0 Å². The van der Waals surface area contributed by atoms with E-state index < -0.39 is 26.1 Å². The monoisotopic (exact) mass is 245 g/mol. The molecule has 0 aromatic carbocycles. The third-order valence-electron chi connectivity index (χ3n) is 1.24. The summed E-state index contributed by atoms with van der Waals surface area (Å²) in [6.07, 6.45) is 1.41. The number of nitrogens with two attached hydrogens (primary N) is 1. The van der Waals surface area contributed by atoms with Gasteiger partial charge in [-0.25, -0.2) is 21.6 Å². The Bertz CT molecular complexity index is 424. The minimum absolute atomic E-state index is 0.0394. The number of primary amides is 1. The molecule has 10 heteroatoms. The molecule has 0 bridgehead atoms. The zero-order valence-electron chi connectivity index (χ0n) is 7.83. The third kappa shape index (κ3) is 3.12. The second-order valence-corrected chi connectivity index (χ2v) is 6.35. The lowest BCUT2D eigenvalue weighted by molar-refractivity contribution is 0.185. The van der Waals surface area contributed by atoms with E-state index in [1.165, 1.54) is 0 Å². The van der Waals surface area contributed by atoms with Crippen molar-refractivity contribution in [1.29, 1.82) is 0 Å². The molecular formula is C4H11N3O5S2. The fourth-order valence-corrected chi connectivity index (χ4v) is 2.47. The number of hydrogen-bond acceptors (Lipinski definition) is 5. The Hall–Kier alpha value is -0.870.